The van der Waals surface area contributed by atoms with Crippen LogP contribution in [0.1, 0.15) is 0 Å². The van der Waals surface area contributed by atoms with E-state index < -0.39 is 0 Å². The van der Waals surface area contributed by atoms with E-state index in [1.807, 2.05) is 24.4 Å². The van der Waals surface area contributed by atoms with Gasteiger partial charge in [0.25, 0.3) is 0 Å². The molecule has 2 aromatic heterocycles. The van der Waals surface area contributed by atoms with Crippen molar-refractivity contribution >= 4 is 32.6 Å². The van der Waals surface area contributed by atoms with Crippen LogP contribution < -0.4 is 0 Å². The first kappa shape index (κ1) is 20.5. The summed E-state index contributed by atoms with van der Waals surface area (Å²) in [6.45, 7) is 0. The lowest BCUT2D eigenvalue weighted by molar-refractivity contribution is 1.23. The van der Waals surface area contributed by atoms with Gasteiger partial charge in [0, 0.05) is 28.1 Å². The fourth-order valence-electron chi connectivity index (χ4n) is 5.01. The Kier molecular flexibility index (Phi) is 4.78. The molecule has 0 fully saturated rings. The maximum absolute atomic E-state index is 5.14. The predicted octanol–water partition coefficient (Wildman–Crippen LogP) is 8.33. The summed E-state index contributed by atoms with van der Waals surface area (Å²) >= 11 is 0. The van der Waals surface area contributed by atoms with Gasteiger partial charge in [-0.3, -0.25) is 4.98 Å². The summed E-state index contributed by atoms with van der Waals surface area (Å²) < 4.78 is 0. The lowest BCUT2D eigenvalue weighted by Gasteiger charge is -2.12. The molecule has 0 amide bonds. The number of pyridine rings is 1. The van der Waals surface area contributed by atoms with Gasteiger partial charge in [0.15, 0.2) is 5.82 Å². The topological polar surface area (TPSA) is 38.7 Å². The molecule has 0 atom stereocenters. The fourth-order valence-corrected chi connectivity index (χ4v) is 5.01. The minimum absolute atomic E-state index is 0.707. The normalized spacial score (nSPS) is 11.3. The largest absolute Gasteiger partial charge is 0.256 e. The molecular weight excluding hydrogens is 438 g/mol. The Morgan fingerprint density at radius 1 is 0.472 bits per heavy atom. The highest BCUT2D eigenvalue weighted by atomic mass is 14.9. The minimum atomic E-state index is 0.707. The minimum Gasteiger partial charge on any atom is -0.256 e. The summed E-state index contributed by atoms with van der Waals surface area (Å²) in [6, 6.07) is 42.0. The van der Waals surface area contributed by atoms with E-state index >= 15 is 0 Å². The molecule has 7 aromatic rings. The van der Waals surface area contributed by atoms with Crippen molar-refractivity contribution in [3.05, 3.63) is 128 Å². The van der Waals surface area contributed by atoms with Crippen molar-refractivity contribution in [2.45, 2.75) is 0 Å². The van der Waals surface area contributed by atoms with Crippen LogP contribution in [0.15, 0.2) is 128 Å². The second kappa shape index (κ2) is 8.40. The van der Waals surface area contributed by atoms with Crippen LogP contribution in [0.4, 0.5) is 0 Å². The zero-order valence-corrected chi connectivity index (χ0v) is 19.5. The third-order valence-corrected chi connectivity index (χ3v) is 6.71. The van der Waals surface area contributed by atoms with Gasteiger partial charge in [-0.25, -0.2) is 9.97 Å². The monoisotopic (exact) mass is 459 g/mol. The predicted molar refractivity (Wildman–Crippen MR) is 149 cm³/mol. The van der Waals surface area contributed by atoms with Crippen molar-refractivity contribution < 1.29 is 0 Å². The van der Waals surface area contributed by atoms with Crippen LogP contribution >= 0.6 is 0 Å². The van der Waals surface area contributed by atoms with Gasteiger partial charge in [-0.15, -0.1) is 0 Å². The molecule has 0 spiro atoms. The molecule has 0 saturated carbocycles. The molecule has 0 N–H and O–H groups in total. The average Bonchev–Trinajstić information content (AvgIpc) is 2.96. The number of fused-ring (bicyclic) bond motifs is 3. The van der Waals surface area contributed by atoms with Crippen LogP contribution in [0.5, 0.6) is 0 Å². The molecule has 0 aliphatic rings. The van der Waals surface area contributed by atoms with E-state index in [9.17, 15) is 0 Å². The first-order chi connectivity index (χ1) is 17.8. The van der Waals surface area contributed by atoms with E-state index in [4.69, 9.17) is 9.97 Å². The average molecular weight is 460 g/mol. The van der Waals surface area contributed by atoms with E-state index in [1.165, 1.54) is 16.3 Å². The highest BCUT2D eigenvalue weighted by Crippen LogP contribution is 2.35. The van der Waals surface area contributed by atoms with Crippen LogP contribution in [0, 0.1) is 0 Å². The lowest BCUT2D eigenvalue weighted by atomic mass is 9.96. The second-order valence-electron chi connectivity index (χ2n) is 8.90. The Labute approximate surface area is 208 Å². The SMILES string of the molecule is c1cc(-c2nc(-c3cccc4cccnc34)c3ccccc3n2)cc(-c2cccc3ccccc23)c1. The van der Waals surface area contributed by atoms with Crippen LogP contribution in [0.3, 0.4) is 0 Å². The number of hydrogen-bond acceptors (Lipinski definition) is 3. The molecule has 0 unspecified atom stereocenters. The molecule has 0 aliphatic carbocycles. The third-order valence-electron chi connectivity index (χ3n) is 6.71. The van der Waals surface area contributed by atoms with Crippen LogP contribution in [0.2, 0.25) is 0 Å². The smallest absolute Gasteiger partial charge is 0.160 e. The highest BCUT2D eigenvalue weighted by Gasteiger charge is 2.15. The number of nitrogens with zero attached hydrogens (tertiary/aromatic N) is 3. The standard InChI is InChI=1S/C33H21N3/c1-2-15-26-22(9-1)10-6-17-27(26)24-12-5-13-25(21-24)33-35-30-19-4-3-16-28(30)32(36-33)29-18-7-11-23-14-8-20-34-31(23)29/h1-21H. The molecule has 0 saturated heterocycles. The van der Waals surface area contributed by atoms with E-state index in [2.05, 4.69) is 108 Å². The number of rotatable bonds is 3. The van der Waals surface area contributed by atoms with E-state index in [0.717, 1.165) is 44.2 Å². The summed E-state index contributed by atoms with van der Waals surface area (Å²) in [5.74, 6) is 0.707. The molecule has 36 heavy (non-hydrogen) atoms. The first-order valence-electron chi connectivity index (χ1n) is 12.0. The second-order valence-corrected chi connectivity index (χ2v) is 8.90. The zero-order valence-electron chi connectivity index (χ0n) is 19.5. The Morgan fingerprint density at radius 3 is 2.11 bits per heavy atom. The zero-order chi connectivity index (χ0) is 23.9. The molecular formula is C33H21N3. The molecule has 7 rings (SSSR count). The molecule has 168 valence electrons. The Morgan fingerprint density at radius 2 is 1.17 bits per heavy atom. The van der Waals surface area contributed by atoms with Crippen LogP contribution in [0.25, 0.3) is 66.4 Å². The summed E-state index contributed by atoms with van der Waals surface area (Å²) in [5.41, 5.74) is 7.11. The number of hydrogen-bond donors (Lipinski definition) is 0. The fraction of sp³-hybridized carbons (Fsp3) is 0. The molecule has 3 nitrogen and oxygen atoms in total. The summed E-state index contributed by atoms with van der Waals surface area (Å²) in [5, 5.41) is 4.58. The number of para-hydroxylation sites is 2. The summed E-state index contributed by atoms with van der Waals surface area (Å²) in [6.07, 6.45) is 1.84. The van der Waals surface area contributed by atoms with Gasteiger partial charge < -0.3 is 0 Å². The summed E-state index contributed by atoms with van der Waals surface area (Å²) in [4.78, 5) is 14.8. The molecule has 3 heteroatoms. The van der Waals surface area contributed by atoms with E-state index in [0.29, 0.717) is 5.82 Å². The van der Waals surface area contributed by atoms with Crippen LogP contribution in [-0.2, 0) is 0 Å². The van der Waals surface area contributed by atoms with Gasteiger partial charge >= 0.3 is 0 Å². The van der Waals surface area contributed by atoms with Gasteiger partial charge in [-0.1, -0.05) is 103 Å². The van der Waals surface area contributed by atoms with Crippen molar-refractivity contribution in [2.75, 3.05) is 0 Å². The van der Waals surface area contributed by atoms with E-state index in [-0.39, 0.29) is 0 Å². The first-order valence-corrected chi connectivity index (χ1v) is 12.0. The number of benzene rings is 5. The van der Waals surface area contributed by atoms with Gasteiger partial charge in [-0.2, -0.15) is 0 Å². The Balaban J connectivity index is 1.45. The van der Waals surface area contributed by atoms with E-state index in [1.54, 1.807) is 0 Å². The molecule has 0 bridgehead atoms. The third kappa shape index (κ3) is 3.41. The molecule has 5 aromatic carbocycles. The van der Waals surface area contributed by atoms with Crippen molar-refractivity contribution in [3.63, 3.8) is 0 Å². The van der Waals surface area contributed by atoms with Gasteiger partial charge in [0.2, 0.25) is 0 Å². The molecule has 0 radical (unpaired) electrons. The summed E-state index contributed by atoms with van der Waals surface area (Å²) in [7, 11) is 0. The van der Waals surface area contributed by atoms with Gasteiger partial charge in [0.1, 0.15) is 0 Å². The van der Waals surface area contributed by atoms with Crippen molar-refractivity contribution in [1.29, 1.82) is 0 Å². The molecule has 0 aliphatic heterocycles. The Hall–Kier alpha value is -4.89. The lowest BCUT2D eigenvalue weighted by Crippen LogP contribution is -1.96. The van der Waals surface area contributed by atoms with Crippen molar-refractivity contribution in [2.24, 2.45) is 0 Å². The van der Waals surface area contributed by atoms with Crippen molar-refractivity contribution in [3.8, 4) is 33.8 Å². The quantitative estimate of drug-likeness (QED) is 0.267. The van der Waals surface area contributed by atoms with Gasteiger partial charge in [0.05, 0.1) is 16.7 Å². The maximum atomic E-state index is 5.14. The Bertz CT molecular complexity index is 1900. The van der Waals surface area contributed by atoms with Gasteiger partial charge in [-0.05, 0) is 40.1 Å². The highest BCUT2D eigenvalue weighted by molar-refractivity contribution is 6.02. The maximum Gasteiger partial charge on any atom is 0.160 e. The molecule has 2 heterocycles. The number of aromatic nitrogens is 3. The van der Waals surface area contributed by atoms with Crippen molar-refractivity contribution in [1.82, 2.24) is 15.0 Å². The van der Waals surface area contributed by atoms with Crippen LogP contribution in [-0.4, -0.2) is 15.0 Å².